The lowest BCUT2D eigenvalue weighted by Gasteiger charge is -2.11. The minimum atomic E-state index is 0.0770. The van der Waals surface area contributed by atoms with Crippen molar-refractivity contribution >= 4 is 0 Å². The van der Waals surface area contributed by atoms with Crippen LogP contribution in [0.4, 0.5) is 0 Å². The normalized spacial score (nSPS) is 10.9. The molecule has 0 radical (unpaired) electrons. The number of likely N-dealkylation sites (N-methyl/N-ethyl adjacent to an activating group) is 1. The van der Waals surface area contributed by atoms with Crippen LogP contribution in [0.2, 0.25) is 0 Å². The minimum Gasteiger partial charge on any atom is -0.319 e. The molecule has 0 aliphatic heterocycles. The van der Waals surface area contributed by atoms with Crippen molar-refractivity contribution in [3.8, 4) is 0 Å². The second kappa shape index (κ2) is 4.96. The molecule has 1 heterocycles. The number of nitrogens with one attached hydrogen (secondary N) is 1. The Hall–Kier alpha value is -1.09. The SMILES string of the molecule is CNCCc1ccc(=O)n(C(C)C)c1. The first-order valence-corrected chi connectivity index (χ1v) is 5.01. The maximum atomic E-state index is 11.4. The predicted octanol–water partition coefficient (Wildman–Crippen LogP) is 1.19. The van der Waals surface area contributed by atoms with Crippen LogP contribution >= 0.6 is 0 Å². The molecule has 1 aromatic heterocycles. The average Bonchev–Trinajstić information content (AvgIpc) is 2.16. The molecule has 0 aromatic carbocycles. The standard InChI is InChI=1S/C11H18N2O/c1-9(2)13-8-10(6-7-12-3)4-5-11(13)14/h4-5,8-9,12H,6-7H2,1-3H3. The summed E-state index contributed by atoms with van der Waals surface area (Å²) in [5.74, 6) is 0. The van der Waals surface area contributed by atoms with Gasteiger partial charge in [0.25, 0.3) is 5.56 Å². The Balaban J connectivity index is 2.89. The highest BCUT2D eigenvalue weighted by Gasteiger charge is 2.01. The van der Waals surface area contributed by atoms with Crippen molar-refractivity contribution in [3.05, 3.63) is 34.2 Å². The number of aromatic nitrogens is 1. The van der Waals surface area contributed by atoms with Gasteiger partial charge in [0.05, 0.1) is 0 Å². The number of nitrogens with zero attached hydrogens (tertiary/aromatic N) is 1. The molecule has 1 N–H and O–H groups in total. The molecule has 0 bridgehead atoms. The fraction of sp³-hybridized carbons (Fsp3) is 0.545. The van der Waals surface area contributed by atoms with Gasteiger partial charge in [0.1, 0.15) is 0 Å². The van der Waals surface area contributed by atoms with Crippen molar-refractivity contribution in [2.45, 2.75) is 26.3 Å². The fourth-order valence-corrected chi connectivity index (χ4v) is 1.37. The molecule has 1 aromatic rings. The maximum absolute atomic E-state index is 11.4. The molecule has 0 unspecified atom stereocenters. The molecule has 78 valence electrons. The summed E-state index contributed by atoms with van der Waals surface area (Å²) in [5.41, 5.74) is 1.28. The summed E-state index contributed by atoms with van der Waals surface area (Å²) in [7, 11) is 1.93. The quantitative estimate of drug-likeness (QED) is 0.781. The molecule has 0 spiro atoms. The topological polar surface area (TPSA) is 34.0 Å². The van der Waals surface area contributed by atoms with Gasteiger partial charge in [0.2, 0.25) is 0 Å². The Morgan fingerprint density at radius 2 is 2.14 bits per heavy atom. The molecular weight excluding hydrogens is 176 g/mol. The molecule has 14 heavy (non-hydrogen) atoms. The lowest BCUT2D eigenvalue weighted by atomic mass is 10.2. The van der Waals surface area contributed by atoms with Crippen molar-refractivity contribution in [1.82, 2.24) is 9.88 Å². The molecule has 3 heteroatoms. The zero-order chi connectivity index (χ0) is 10.6. The van der Waals surface area contributed by atoms with E-state index in [4.69, 9.17) is 0 Å². The van der Waals surface area contributed by atoms with Crippen LogP contribution in [-0.2, 0) is 6.42 Å². The van der Waals surface area contributed by atoms with Gasteiger partial charge >= 0.3 is 0 Å². The number of pyridine rings is 1. The number of hydrogen-bond acceptors (Lipinski definition) is 2. The summed E-state index contributed by atoms with van der Waals surface area (Å²) in [6.07, 6.45) is 2.91. The highest BCUT2D eigenvalue weighted by atomic mass is 16.1. The van der Waals surface area contributed by atoms with E-state index in [1.165, 1.54) is 5.56 Å². The molecule has 1 rings (SSSR count). The third-order valence-electron chi connectivity index (χ3n) is 2.22. The van der Waals surface area contributed by atoms with Crippen LogP contribution < -0.4 is 10.9 Å². The molecule has 0 fully saturated rings. The zero-order valence-electron chi connectivity index (χ0n) is 9.08. The summed E-state index contributed by atoms with van der Waals surface area (Å²) in [5, 5.41) is 3.09. The zero-order valence-corrected chi connectivity index (χ0v) is 9.08. The molecule has 0 atom stereocenters. The van der Waals surface area contributed by atoms with Crippen molar-refractivity contribution < 1.29 is 0 Å². The predicted molar refractivity (Wildman–Crippen MR) is 58.7 cm³/mol. The summed E-state index contributed by atoms with van der Waals surface area (Å²) in [4.78, 5) is 11.4. The van der Waals surface area contributed by atoms with E-state index < -0.39 is 0 Å². The smallest absolute Gasteiger partial charge is 0.250 e. The Morgan fingerprint density at radius 1 is 1.43 bits per heavy atom. The minimum absolute atomic E-state index is 0.0770. The molecule has 0 saturated carbocycles. The van der Waals surface area contributed by atoms with Gasteiger partial charge in [0, 0.05) is 18.3 Å². The van der Waals surface area contributed by atoms with E-state index in [-0.39, 0.29) is 11.6 Å². The Morgan fingerprint density at radius 3 is 2.71 bits per heavy atom. The summed E-state index contributed by atoms with van der Waals surface area (Å²) < 4.78 is 1.77. The van der Waals surface area contributed by atoms with Crippen LogP contribution in [0.25, 0.3) is 0 Å². The van der Waals surface area contributed by atoms with Crippen LogP contribution in [0.5, 0.6) is 0 Å². The largest absolute Gasteiger partial charge is 0.319 e. The number of hydrogen-bond donors (Lipinski definition) is 1. The third-order valence-corrected chi connectivity index (χ3v) is 2.22. The van der Waals surface area contributed by atoms with Gasteiger partial charge < -0.3 is 9.88 Å². The molecular formula is C11H18N2O. The number of rotatable bonds is 4. The first-order valence-electron chi connectivity index (χ1n) is 5.01. The van der Waals surface area contributed by atoms with Gasteiger partial charge in [-0.1, -0.05) is 6.07 Å². The van der Waals surface area contributed by atoms with Crippen LogP contribution in [0, 0.1) is 0 Å². The van der Waals surface area contributed by atoms with E-state index in [1.54, 1.807) is 10.6 Å². The van der Waals surface area contributed by atoms with Gasteiger partial charge in [-0.2, -0.15) is 0 Å². The van der Waals surface area contributed by atoms with Crippen LogP contribution in [-0.4, -0.2) is 18.2 Å². The molecule has 0 aliphatic rings. The van der Waals surface area contributed by atoms with E-state index in [9.17, 15) is 4.79 Å². The van der Waals surface area contributed by atoms with E-state index in [1.807, 2.05) is 33.2 Å². The Labute approximate surface area is 84.8 Å². The molecule has 0 saturated heterocycles. The van der Waals surface area contributed by atoms with E-state index >= 15 is 0 Å². The van der Waals surface area contributed by atoms with Crippen molar-refractivity contribution in [1.29, 1.82) is 0 Å². The van der Waals surface area contributed by atoms with Gasteiger partial charge in [-0.25, -0.2) is 0 Å². The molecule has 0 aliphatic carbocycles. The lowest BCUT2D eigenvalue weighted by molar-refractivity contribution is 0.573. The van der Waals surface area contributed by atoms with E-state index in [0.717, 1.165) is 13.0 Å². The van der Waals surface area contributed by atoms with Crippen LogP contribution in [0.1, 0.15) is 25.5 Å². The highest BCUT2D eigenvalue weighted by Crippen LogP contribution is 2.03. The maximum Gasteiger partial charge on any atom is 0.250 e. The monoisotopic (exact) mass is 194 g/mol. The average molecular weight is 194 g/mol. The second-order valence-electron chi connectivity index (χ2n) is 3.73. The first kappa shape index (κ1) is 11.0. The highest BCUT2D eigenvalue weighted by molar-refractivity contribution is 5.11. The summed E-state index contributed by atoms with van der Waals surface area (Å²) in [6.45, 7) is 4.98. The fourth-order valence-electron chi connectivity index (χ4n) is 1.37. The van der Waals surface area contributed by atoms with Gasteiger partial charge in [-0.05, 0) is 39.4 Å². The lowest BCUT2D eigenvalue weighted by Crippen LogP contribution is -2.21. The second-order valence-corrected chi connectivity index (χ2v) is 3.73. The van der Waals surface area contributed by atoms with Crippen molar-refractivity contribution in [3.63, 3.8) is 0 Å². The van der Waals surface area contributed by atoms with Gasteiger partial charge in [-0.15, -0.1) is 0 Å². The molecule has 3 nitrogen and oxygen atoms in total. The van der Waals surface area contributed by atoms with Crippen molar-refractivity contribution in [2.75, 3.05) is 13.6 Å². The van der Waals surface area contributed by atoms with Crippen LogP contribution in [0.15, 0.2) is 23.1 Å². The van der Waals surface area contributed by atoms with Gasteiger partial charge in [-0.3, -0.25) is 4.79 Å². The third kappa shape index (κ3) is 2.70. The Bertz CT molecular complexity index is 341. The summed E-state index contributed by atoms with van der Waals surface area (Å²) >= 11 is 0. The molecule has 0 amide bonds. The Kier molecular flexibility index (Phi) is 3.89. The summed E-state index contributed by atoms with van der Waals surface area (Å²) in [6, 6.07) is 3.78. The first-order chi connectivity index (χ1) is 6.65. The van der Waals surface area contributed by atoms with Crippen LogP contribution in [0.3, 0.4) is 0 Å². The van der Waals surface area contributed by atoms with Crippen molar-refractivity contribution in [2.24, 2.45) is 0 Å². The van der Waals surface area contributed by atoms with E-state index in [2.05, 4.69) is 5.32 Å². The van der Waals surface area contributed by atoms with Gasteiger partial charge in [0.15, 0.2) is 0 Å². The van der Waals surface area contributed by atoms with E-state index in [0.29, 0.717) is 0 Å².